The first-order valence-corrected chi connectivity index (χ1v) is 12.4. The van der Waals surface area contributed by atoms with E-state index >= 15 is 0 Å². The summed E-state index contributed by atoms with van der Waals surface area (Å²) >= 11 is 0. The van der Waals surface area contributed by atoms with E-state index in [1.54, 1.807) is 17.1 Å². The number of pyridine rings is 1. The van der Waals surface area contributed by atoms with Crippen molar-refractivity contribution in [2.75, 3.05) is 18.0 Å². The minimum atomic E-state index is -2.53. The van der Waals surface area contributed by atoms with Crippen molar-refractivity contribution in [2.24, 2.45) is 11.3 Å². The fourth-order valence-electron chi connectivity index (χ4n) is 6.03. The van der Waals surface area contributed by atoms with Gasteiger partial charge in [-0.1, -0.05) is 13.0 Å². The van der Waals surface area contributed by atoms with Gasteiger partial charge in [-0.05, 0) is 50.3 Å². The molecule has 35 heavy (non-hydrogen) atoms. The average molecular weight is 481 g/mol. The molecule has 2 fully saturated rings. The number of aryl methyl sites for hydroxylation is 2. The number of hydrogen-bond acceptors (Lipinski definition) is 5. The van der Waals surface area contributed by atoms with E-state index in [1.165, 1.54) is 5.56 Å². The van der Waals surface area contributed by atoms with Crippen molar-refractivity contribution in [1.82, 2.24) is 25.0 Å². The summed E-state index contributed by atoms with van der Waals surface area (Å²) in [4.78, 5) is 19.9. The zero-order valence-electron chi connectivity index (χ0n) is 20.3. The van der Waals surface area contributed by atoms with Crippen molar-refractivity contribution in [1.29, 1.82) is 0 Å². The predicted octanol–water partition coefficient (Wildman–Crippen LogP) is 4.45. The monoisotopic (exact) mass is 480 g/mol. The minimum absolute atomic E-state index is 0.00418. The van der Waals surface area contributed by atoms with Crippen LogP contribution in [0.4, 0.5) is 14.6 Å². The zero-order chi connectivity index (χ0) is 24.5. The summed E-state index contributed by atoms with van der Waals surface area (Å²) in [6.45, 7) is 7.42. The third-order valence-corrected chi connectivity index (χ3v) is 8.50. The lowest BCUT2D eigenvalue weighted by Gasteiger charge is -2.19. The van der Waals surface area contributed by atoms with E-state index in [2.05, 4.69) is 15.3 Å². The van der Waals surface area contributed by atoms with Crippen molar-refractivity contribution in [3.63, 3.8) is 0 Å². The Bertz CT molecular complexity index is 1310. The van der Waals surface area contributed by atoms with E-state index in [0.717, 1.165) is 41.3 Å². The molecule has 3 aliphatic rings. The molecular weight excluding hydrogens is 450 g/mol. The smallest absolute Gasteiger partial charge is 0.256 e. The molecule has 0 amide bonds. The Morgan fingerprint density at radius 3 is 2.83 bits per heavy atom. The summed E-state index contributed by atoms with van der Waals surface area (Å²) < 4.78 is 29.3. The summed E-state index contributed by atoms with van der Waals surface area (Å²) in [5.74, 6) is -1.73. The Morgan fingerprint density at radius 1 is 1.31 bits per heavy atom. The second-order valence-corrected chi connectivity index (χ2v) is 10.7. The normalized spacial score (nSPS) is 25.3. The third kappa shape index (κ3) is 3.58. The maximum atomic E-state index is 13.7. The second kappa shape index (κ2) is 7.70. The summed E-state index contributed by atoms with van der Waals surface area (Å²) in [6, 6.07) is 3.89. The number of aromatic amines is 1. The second-order valence-electron chi connectivity index (χ2n) is 10.7. The van der Waals surface area contributed by atoms with E-state index in [0.29, 0.717) is 31.6 Å². The van der Waals surface area contributed by atoms with Gasteiger partial charge in [0.05, 0.1) is 29.4 Å². The fourth-order valence-corrected chi connectivity index (χ4v) is 6.03. The number of ketones is 1. The maximum Gasteiger partial charge on any atom is 0.256 e. The van der Waals surface area contributed by atoms with Gasteiger partial charge in [0.25, 0.3) is 5.92 Å². The van der Waals surface area contributed by atoms with Crippen LogP contribution >= 0.6 is 0 Å². The highest BCUT2D eigenvalue weighted by atomic mass is 19.3. The maximum absolute atomic E-state index is 13.7. The molecule has 0 aromatic carbocycles. The fraction of sp³-hybridized carbons (Fsp3) is 0.538. The van der Waals surface area contributed by atoms with Gasteiger partial charge < -0.3 is 4.90 Å². The highest BCUT2D eigenvalue weighted by molar-refractivity contribution is 5.97. The highest BCUT2D eigenvalue weighted by Gasteiger charge is 2.72. The quantitative estimate of drug-likeness (QED) is 0.528. The number of fused-ring (bicyclic) bond motifs is 1. The first kappa shape index (κ1) is 22.4. The van der Waals surface area contributed by atoms with Crippen molar-refractivity contribution >= 4 is 11.6 Å². The van der Waals surface area contributed by atoms with E-state index in [4.69, 9.17) is 4.98 Å². The Kier molecular flexibility index (Phi) is 4.92. The van der Waals surface area contributed by atoms with Gasteiger partial charge in [0.2, 0.25) is 0 Å². The molecule has 3 aromatic heterocycles. The predicted molar refractivity (Wildman–Crippen MR) is 127 cm³/mol. The number of nitrogens with one attached hydrogen (secondary N) is 1. The van der Waals surface area contributed by atoms with Gasteiger partial charge in [-0.2, -0.15) is 10.2 Å². The topological polar surface area (TPSA) is 79.7 Å². The van der Waals surface area contributed by atoms with Crippen LogP contribution in [0.15, 0.2) is 24.5 Å². The molecule has 1 N–H and O–H groups in total. The molecule has 1 saturated carbocycles. The van der Waals surface area contributed by atoms with Crippen molar-refractivity contribution in [2.45, 2.75) is 64.8 Å². The Hall–Kier alpha value is -3.10. The largest absolute Gasteiger partial charge is 0.356 e. The number of alkyl halides is 2. The number of Topliss-reactive ketones (excluding diaryl/α,β-unsaturated/α-hetero) is 1. The number of nitrogens with zero attached hydrogens (tertiary/aromatic N) is 5. The van der Waals surface area contributed by atoms with Crippen LogP contribution in [0.5, 0.6) is 0 Å². The van der Waals surface area contributed by atoms with Crippen LogP contribution < -0.4 is 4.90 Å². The van der Waals surface area contributed by atoms with E-state index in [9.17, 15) is 13.6 Å². The van der Waals surface area contributed by atoms with E-state index < -0.39 is 11.3 Å². The van der Waals surface area contributed by atoms with Gasteiger partial charge in [-0.15, -0.1) is 0 Å². The molecule has 3 aromatic rings. The van der Waals surface area contributed by atoms with Crippen LogP contribution in [-0.4, -0.2) is 49.8 Å². The molecule has 3 atom stereocenters. The lowest BCUT2D eigenvalue weighted by Crippen LogP contribution is -2.23. The van der Waals surface area contributed by atoms with Crippen molar-refractivity contribution in [3.05, 3.63) is 58.3 Å². The van der Waals surface area contributed by atoms with Crippen molar-refractivity contribution < 1.29 is 13.6 Å². The minimum Gasteiger partial charge on any atom is -0.356 e. The molecule has 9 heteroatoms. The van der Waals surface area contributed by atoms with Gasteiger partial charge in [0.15, 0.2) is 5.78 Å². The molecule has 1 spiro atoms. The molecule has 7 nitrogen and oxygen atoms in total. The summed E-state index contributed by atoms with van der Waals surface area (Å²) in [5.41, 5.74) is 4.98. The van der Waals surface area contributed by atoms with Gasteiger partial charge in [0.1, 0.15) is 5.82 Å². The SMILES string of the molecule is Cc1nc(N2CCC3(C2)CC3(F)F)ccc1Cn1cc(C(=O)[C@@H](C)C2CCc3c2n[nH]c3C)cn1. The Balaban J connectivity index is 1.12. The molecule has 0 radical (unpaired) electrons. The number of halogens is 2. The molecule has 2 aliphatic carbocycles. The molecule has 184 valence electrons. The van der Waals surface area contributed by atoms with E-state index in [1.807, 2.05) is 37.8 Å². The molecule has 0 bridgehead atoms. The zero-order valence-corrected chi connectivity index (χ0v) is 20.3. The summed E-state index contributed by atoms with van der Waals surface area (Å²) in [6.07, 6.45) is 5.87. The molecule has 4 heterocycles. The number of hydrogen-bond donors (Lipinski definition) is 1. The number of anilines is 1. The lowest BCUT2D eigenvalue weighted by atomic mass is 9.86. The van der Waals surface area contributed by atoms with Crippen LogP contribution in [0, 0.1) is 25.2 Å². The van der Waals surface area contributed by atoms with Gasteiger partial charge in [0, 0.05) is 48.9 Å². The Morgan fingerprint density at radius 2 is 2.11 bits per heavy atom. The molecule has 1 aliphatic heterocycles. The van der Waals surface area contributed by atoms with E-state index in [-0.39, 0.29) is 24.0 Å². The van der Waals surface area contributed by atoms with Crippen LogP contribution in [0.25, 0.3) is 0 Å². The number of rotatable bonds is 6. The number of carbonyl (C=O) groups excluding carboxylic acids is 1. The van der Waals surface area contributed by atoms with Gasteiger partial charge in [-0.25, -0.2) is 13.8 Å². The highest BCUT2D eigenvalue weighted by Crippen LogP contribution is 2.65. The molecular formula is C26H30F2N6O. The molecule has 2 unspecified atom stereocenters. The van der Waals surface area contributed by atoms with Gasteiger partial charge in [-0.3, -0.25) is 14.6 Å². The first-order valence-electron chi connectivity index (χ1n) is 12.4. The molecule has 1 saturated heterocycles. The lowest BCUT2D eigenvalue weighted by molar-refractivity contribution is 0.0710. The number of carbonyl (C=O) groups is 1. The van der Waals surface area contributed by atoms with Crippen LogP contribution in [-0.2, 0) is 13.0 Å². The number of H-pyrrole nitrogens is 1. The van der Waals surface area contributed by atoms with Crippen molar-refractivity contribution in [3.8, 4) is 0 Å². The summed E-state index contributed by atoms with van der Waals surface area (Å²) in [7, 11) is 0. The standard InChI is InChI=1S/C26H30F2N6O/c1-15(20-5-6-21-17(3)31-32-23(20)21)24(35)19-10-29-34(12-19)11-18-4-7-22(30-16(18)2)33-9-8-25(14-33)13-26(25,27)28/h4,7,10,12,15,20H,5-6,8-9,11,13-14H2,1-3H3,(H,31,32)/t15-,20?,25?/m0/s1. The van der Waals surface area contributed by atoms with Crippen LogP contribution in [0.2, 0.25) is 0 Å². The average Bonchev–Trinajstić information content (AvgIpc) is 3.44. The number of aromatic nitrogens is 5. The van der Waals surface area contributed by atoms with Crippen LogP contribution in [0.3, 0.4) is 0 Å². The van der Waals surface area contributed by atoms with Crippen LogP contribution in [0.1, 0.15) is 70.7 Å². The Labute approximate surface area is 202 Å². The first-order chi connectivity index (χ1) is 16.7. The third-order valence-electron chi connectivity index (χ3n) is 8.50. The summed E-state index contributed by atoms with van der Waals surface area (Å²) in [5, 5.41) is 11.9. The van der Waals surface area contributed by atoms with Gasteiger partial charge >= 0.3 is 0 Å². The molecule has 6 rings (SSSR count).